The SMILES string of the molecule is COc1cccc(-c2nnc(CCNC(=O)Cc3ccc(F)cc3)o2)c1. The molecule has 1 heterocycles. The summed E-state index contributed by atoms with van der Waals surface area (Å²) < 4.78 is 23.6. The number of benzene rings is 2. The number of nitrogens with one attached hydrogen (secondary N) is 1. The van der Waals surface area contributed by atoms with E-state index in [-0.39, 0.29) is 18.1 Å². The molecular formula is C19H18FN3O3. The second-order valence-electron chi connectivity index (χ2n) is 5.64. The topological polar surface area (TPSA) is 77.3 Å². The highest BCUT2D eigenvalue weighted by Crippen LogP contribution is 2.22. The molecule has 1 amide bonds. The number of rotatable bonds is 7. The summed E-state index contributed by atoms with van der Waals surface area (Å²) in [4.78, 5) is 11.9. The van der Waals surface area contributed by atoms with Gasteiger partial charge >= 0.3 is 0 Å². The van der Waals surface area contributed by atoms with Crippen molar-refractivity contribution in [3.8, 4) is 17.2 Å². The third kappa shape index (κ3) is 4.66. The van der Waals surface area contributed by atoms with Crippen LogP contribution in [-0.2, 0) is 17.6 Å². The van der Waals surface area contributed by atoms with E-state index in [1.54, 1.807) is 19.2 Å². The molecule has 0 unspecified atom stereocenters. The number of carbonyl (C=O) groups is 1. The lowest BCUT2D eigenvalue weighted by molar-refractivity contribution is -0.120. The molecule has 0 bridgehead atoms. The Morgan fingerprint density at radius 2 is 2.00 bits per heavy atom. The molecule has 1 aromatic heterocycles. The minimum Gasteiger partial charge on any atom is -0.497 e. The molecule has 6 nitrogen and oxygen atoms in total. The summed E-state index contributed by atoms with van der Waals surface area (Å²) in [5.74, 6) is 1.07. The monoisotopic (exact) mass is 355 g/mol. The zero-order valence-electron chi connectivity index (χ0n) is 14.2. The lowest BCUT2D eigenvalue weighted by Crippen LogP contribution is -2.27. The van der Waals surface area contributed by atoms with Crippen LogP contribution >= 0.6 is 0 Å². The van der Waals surface area contributed by atoms with Gasteiger partial charge in [-0.2, -0.15) is 0 Å². The predicted molar refractivity (Wildman–Crippen MR) is 93.1 cm³/mol. The Morgan fingerprint density at radius 1 is 1.19 bits per heavy atom. The average Bonchev–Trinajstić information content (AvgIpc) is 3.13. The van der Waals surface area contributed by atoms with Crippen molar-refractivity contribution in [2.75, 3.05) is 13.7 Å². The highest BCUT2D eigenvalue weighted by molar-refractivity contribution is 5.78. The second kappa shape index (κ2) is 8.24. The zero-order valence-corrected chi connectivity index (χ0v) is 14.2. The van der Waals surface area contributed by atoms with Crippen LogP contribution in [0.25, 0.3) is 11.5 Å². The number of methoxy groups -OCH3 is 1. The van der Waals surface area contributed by atoms with Gasteiger partial charge < -0.3 is 14.5 Å². The lowest BCUT2D eigenvalue weighted by Gasteiger charge is -2.03. The van der Waals surface area contributed by atoms with E-state index in [2.05, 4.69) is 15.5 Å². The van der Waals surface area contributed by atoms with E-state index < -0.39 is 0 Å². The van der Waals surface area contributed by atoms with Gasteiger partial charge in [-0.15, -0.1) is 10.2 Å². The molecule has 0 saturated carbocycles. The molecule has 0 atom stereocenters. The van der Waals surface area contributed by atoms with Gasteiger partial charge in [0.15, 0.2) is 0 Å². The summed E-state index contributed by atoms with van der Waals surface area (Å²) in [5.41, 5.74) is 1.52. The third-order valence-electron chi connectivity index (χ3n) is 3.72. The van der Waals surface area contributed by atoms with Crippen molar-refractivity contribution in [1.82, 2.24) is 15.5 Å². The van der Waals surface area contributed by atoms with Crippen molar-refractivity contribution in [2.24, 2.45) is 0 Å². The smallest absolute Gasteiger partial charge is 0.247 e. The van der Waals surface area contributed by atoms with Crippen LogP contribution < -0.4 is 10.1 Å². The summed E-state index contributed by atoms with van der Waals surface area (Å²) in [6, 6.07) is 13.2. The van der Waals surface area contributed by atoms with Gasteiger partial charge in [0.1, 0.15) is 11.6 Å². The van der Waals surface area contributed by atoms with Crippen LogP contribution in [0, 0.1) is 5.82 Å². The Hall–Kier alpha value is -3.22. The molecule has 0 fully saturated rings. The fraction of sp³-hybridized carbons (Fsp3) is 0.211. The molecule has 0 saturated heterocycles. The molecule has 1 N–H and O–H groups in total. The first kappa shape index (κ1) is 17.6. The molecule has 0 radical (unpaired) electrons. The van der Waals surface area contributed by atoms with E-state index >= 15 is 0 Å². The number of ether oxygens (including phenoxy) is 1. The third-order valence-corrected chi connectivity index (χ3v) is 3.72. The summed E-state index contributed by atoms with van der Waals surface area (Å²) in [5, 5.41) is 10.8. The predicted octanol–water partition coefficient (Wildman–Crippen LogP) is 2.79. The van der Waals surface area contributed by atoms with Gasteiger partial charge in [0.25, 0.3) is 0 Å². The molecular weight excluding hydrogens is 337 g/mol. The van der Waals surface area contributed by atoms with Gasteiger partial charge in [-0.25, -0.2) is 4.39 Å². The maximum Gasteiger partial charge on any atom is 0.247 e. The van der Waals surface area contributed by atoms with E-state index in [9.17, 15) is 9.18 Å². The average molecular weight is 355 g/mol. The fourth-order valence-electron chi connectivity index (χ4n) is 2.39. The van der Waals surface area contributed by atoms with Gasteiger partial charge in [-0.1, -0.05) is 18.2 Å². The van der Waals surface area contributed by atoms with Crippen LogP contribution in [0.5, 0.6) is 5.75 Å². The number of nitrogens with zero attached hydrogens (tertiary/aromatic N) is 2. The van der Waals surface area contributed by atoms with Crippen molar-refractivity contribution in [3.05, 3.63) is 65.8 Å². The maximum atomic E-state index is 12.9. The highest BCUT2D eigenvalue weighted by atomic mass is 19.1. The normalized spacial score (nSPS) is 10.5. The van der Waals surface area contributed by atoms with Crippen molar-refractivity contribution in [2.45, 2.75) is 12.8 Å². The Balaban J connectivity index is 1.50. The summed E-state index contributed by atoms with van der Waals surface area (Å²) in [6.07, 6.45) is 0.616. The number of amides is 1. The van der Waals surface area contributed by atoms with E-state index in [1.807, 2.05) is 24.3 Å². The van der Waals surface area contributed by atoms with Crippen LogP contribution in [0.2, 0.25) is 0 Å². The Kier molecular flexibility index (Phi) is 5.58. The molecule has 0 aliphatic carbocycles. The van der Waals surface area contributed by atoms with E-state index in [1.165, 1.54) is 12.1 Å². The largest absolute Gasteiger partial charge is 0.497 e. The van der Waals surface area contributed by atoms with Crippen LogP contribution in [-0.4, -0.2) is 29.8 Å². The quantitative estimate of drug-likeness (QED) is 0.705. The molecule has 0 spiro atoms. The summed E-state index contributed by atoms with van der Waals surface area (Å²) in [7, 11) is 1.59. The summed E-state index contributed by atoms with van der Waals surface area (Å²) in [6.45, 7) is 0.375. The fourth-order valence-corrected chi connectivity index (χ4v) is 2.39. The van der Waals surface area contributed by atoms with Gasteiger partial charge in [-0.3, -0.25) is 4.79 Å². The van der Waals surface area contributed by atoms with Crippen molar-refractivity contribution in [3.63, 3.8) is 0 Å². The first-order valence-electron chi connectivity index (χ1n) is 8.12. The van der Waals surface area contributed by atoms with Crippen LogP contribution in [0.15, 0.2) is 52.9 Å². The van der Waals surface area contributed by atoms with Crippen molar-refractivity contribution >= 4 is 5.91 Å². The Bertz CT molecular complexity index is 878. The summed E-state index contributed by atoms with van der Waals surface area (Å²) >= 11 is 0. The first-order chi connectivity index (χ1) is 12.6. The number of hydrogen-bond donors (Lipinski definition) is 1. The first-order valence-corrected chi connectivity index (χ1v) is 8.12. The van der Waals surface area contributed by atoms with E-state index in [0.29, 0.717) is 30.5 Å². The number of halogens is 1. The van der Waals surface area contributed by atoms with Crippen LogP contribution in [0.1, 0.15) is 11.5 Å². The van der Waals surface area contributed by atoms with Crippen LogP contribution in [0.3, 0.4) is 0 Å². The van der Waals surface area contributed by atoms with Gasteiger partial charge in [0.2, 0.25) is 17.7 Å². The zero-order chi connectivity index (χ0) is 18.4. The van der Waals surface area contributed by atoms with Crippen molar-refractivity contribution in [1.29, 1.82) is 0 Å². The number of aromatic nitrogens is 2. The molecule has 0 aliphatic heterocycles. The van der Waals surface area contributed by atoms with Crippen LogP contribution in [0.4, 0.5) is 4.39 Å². The lowest BCUT2D eigenvalue weighted by atomic mass is 10.1. The Labute approximate surface area is 150 Å². The minimum absolute atomic E-state index is 0.149. The van der Waals surface area contributed by atoms with E-state index in [0.717, 1.165) is 11.1 Å². The Morgan fingerprint density at radius 3 is 2.77 bits per heavy atom. The standard InChI is InChI=1S/C19H18FN3O3/c1-25-16-4-2-3-14(12-16)19-23-22-18(26-19)9-10-21-17(24)11-13-5-7-15(20)8-6-13/h2-8,12H,9-11H2,1H3,(H,21,24). The van der Waals surface area contributed by atoms with Gasteiger partial charge in [-0.05, 0) is 35.9 Å². The van der Waals surface area contributed by atoms with Crippen molar-refractivity contribution < 1.29 is 18.3 Å². The molecule has 134 valence electrons. The molecule has 26 heavy (non-hydrogen) atoms. The molecule has 3 rings (SSSR count). The number of hydrogen-bond acceptors (Lipinski definition) is 5. The van der Waals surface area contributed by atoms with E-state index in [4.69, 9.17) is 9.15 Å². The molecule has 2 aromatic carbocycles. The molecule has 7 heteroatoms. The minimum atomic E-state index is -0.322. The van der Waals surface area contributed by atoms with Gasteiger partial charge in [0.05, 0.1) is 13.5 Å². The highest BCUT2D eigenvalue weighted by Gasteiger charge is 2.10. The maximum absolute atomic E-state index is 12.9. The second-order valence-corrected chi connectivity index (χ2v) is 5.64. The number of carbonyl (C=O) groups excluding carboxylic acids is 1. The molecule has 3 aromatic rings. The molecule has 0 aliphatic rings. The van der Waals surface area contributed by atoms with Gasteiger partial charge in [0, 0.05) is 18.5 Å².